The number of carbonyl (C=O) groups excluding carboxylic acids is 3. The van der Waals surface area contributed by atoms with Gasteiger partial charge in [-0.2, -0.15) is 4.98 Å². The number of nitrogen functional groups attached to an aromatic ring is 1. The summed E-state index contributed by atoms with van der Waals surface area (Å²) < 4.78 is 26.2. The molecule has 12 heteroatoms. The van der Waals surface area contributed by atoms with E-state index in [1.807, 2.05) is 0 Å². The van der Waals surface area contributed by atoms with Crippen molar-refractivity contribution in [1.82, 2.24) is 9.97 Å². The minimum atomic E-state index is -0.695. The molecule has 33 heavy (non-hydrogen) atoms. The molecule has 1 amide bonds. The molecule has 1 aromatic carbocycles. The Labute approximate surface area is 187 Å². The van der Waals surface area contributed by atoms with Crippen molar-refractivity contribution in [1.29, 1.82) is 0 Å². The Morgan fingerprint density at radius 3 is 2.52 bits per heavy atom. The van der Waals surface area contributed by atoms with Crippen molar-refractivity contribution in [3.05, 3.63) is 40.9 Å². The zero-order valence-electron chi connectivity index (χ0n) is 18.2. The van der Waals surface area contributed by atoms with Crippen LogP contribution < -0.4 is 20.9 Å². The lowest BCUT2D eigenvalue weighted by atomic mass is 10.2. The average molecular weight is 458 g/mol. The Morgan fingerprint density at radius 1 is 1.09 bits per heavy atom. The number of hydrogen-bond donors (Lipinski definition) is 2. The van der Waals surface area contributed by atoms with Crippen LogP contribution in [-0.2, 0) is 20.9 Å². The molecule has 4 N–H and O–H groups in total. The van der Waals surface area contributed by atoms with Crippen molar-refractivity contribution in [3.63, 3.8) is 0 Å². The van der Waals surface area contributed by atoms with Crippen LogP contribution in [0.3, 0.4) is 0 Å². The molecule has 0 fully saturated rings. The number of anilines is 1. The molecule has 0 radical (unpaired) electrons. The van der Waals surface area contributed by atoms with Crippen molar-refractivity contribution in [2.75, 3.05) is 26.1 Å². The summed E-state index contributed by atoms with van der Waals surface area (Å²) in [5, 5.41) is 0.234. The van der Waals surface area contributed by atoms with Crippen LogP contribution in [0.4, 0.5) is 5.82 Å². The SMILES string of the molecule is CCOC(=O)c1c(C)oc2nc(COC(=O)c3ccc(OCC(N)=O)c(OC)c3)nc(N)c12. The van der Waals surface area contributed by atoms with Gasteiger partial charge in [0.05, 0.1) is 24.7 Å². The van der Waals surface area contributed by atoms with E-state index in [4.69, 9.17) is 34.8 Å². The monoisotopic (exact) mass is 458 g/mol. The summed E-state index contributed by atoms with van der Waals surface area (Å²) in [6.45, 7) is 2.79. The van der Waals surface area contributed by atoms with E-state index in [1.54, 1.807) is 13.8 Å². The van der Waals surface area contributed by atoms with E-state index in [-0.39, 0.29) is 70.9 Å². The number of methoxy groups -OCH3 is 1. The maximum Gasteiger partial charge on any atom is 0.342 e. The summed E-state index contributed by atoms with van der Waals surface area (Å²) >= 11 is 0. The quantitative estimate of drug-likeness (QED) is 0.444. The first-order valence-electron chi connectivity index (χ1n) is 9.74. The topological polar surface area (TPSA) is 179 Å². The number of benzene rings is 1. The Morgan fingerprint density at radius 2 is 1.85 bits per heavy atom. The number of nitrogens with two attached hydrogens (primary N) is 2. The average Bonchev–Trinajstić information content (AvgIpc) is 3.12. The van der Waals surface area contributed by atoms with Crippen molar-refractivity contribution in [2.24, 2.45) is 5.73 Å². The lowest BCUT2D eigenvalue weighted by Crippen LogP contribution is -2.20. The van der Waals surface area contributed by atoms with E-state index < -0.39 is 17.8 Å². The van der Waals surface area contributed by atoms with Gasteiger partial charge >= 0.3 is 11.9 Å². The maximum absolute atomic E-state index is 12.5. The second-order valence-electron chi connectivity index (χ2n) is 6.66. The highest BCUT2D eigenvalue weighted by Gasteiger charge is 2.24. The number of hydrogen-bond acceptors (Lipinski definition) is 11. The van der Waals surface area contributed by atoms with Crippen LogP contribution in [-0.4, -0.2) is 48.1 Å². The third kappa shape index (κ3) is 5.11. The molecule has 2 aromatic heterocycles. The Bertz CT molecular complexity index is 1220. The predicted octanol–water partition coefficient (Wildman–Crippen LogP) is 1.52. The molecule has 0 aliphatic carbocycles. The Balaban J connectivity index is 1.77. The number of primary amides is 1. The molecule has 0 saturated heterocycles. The van der Waals surface area contributed by atoms with Gasteiger partial charge in [-0.05, 0) is 32.0 Å². The molecule has 0 spiro atoms. The van der Waals surface area contributed by atoms with E-state index in [1.165, 1.54) is 25.3 Å². The van der Waals surface area contributed by atoms with E-state index in [0.29, 0.717) is 0 Å². The van der Waals surface area contributed by atoms with Crippen LogP contribution in [0.5, 0.6) is 11.5 Å². The number of amides is 1. The molecule has 0 bridgehead atoms. The van der Waals surface area contributed by atoms with Gasteiger partial charge in [0.15, 0.2) is 30.5 Å². The third-order valence-electron chi connectivity index (χ3n) is 4.38. The smallest absolute Gasteiger partial charge is 0.342 e. The van der Waals surface area contributed by atoms with Crippen molar-refractivity contribution in [3.8, 4) is 11.5 Å². The number of carbonyl (C=O) groups is 3. The lowest BCUT2D eigenvalue weighted by Gasteiger charge is -2.11. The molecular formula is C21H22N4O8. The molecule has 3 aromatic rings. The fourth-order valence-corrected chi connectivity index (χ4v) is 2.97. The van der Waals surface area contributed by atoms with Crippen LogP contribution in [0.15, 0.2) is 22.6 Å². The predicted molar refractivity (Wildman–Crippen MR) is 114 cm³/mol. The second-order valence-corrected chi connectivity index (χ2v) is 6.66. The van der Waals surface area contributed by atoms with Gasteiger partial charge in [0.2, 0.25) is 5.71 Å². The lowest BCUT2D eigenvalue weighted by molar-refractivity contribution is -0.119. The van der Waals surface area contributed by atoms with Gasteiger partial charge in [0.1, 0.15) is 17.1 Å². The van der Waals surface area contributed by atoms with Crippen LogP contribution in [0, 0.1) is 6.92 Å². The molecule has 2 heterocycles. The summed E-state index contributed by atoms with van der Waals surface area (Å²) in [5.74, 6) is -1.15. The largest absolute Gasteiger partial charge is 0.493 e. The molecule has 3 rings (SSSR count). The number of rotatable bonds is 9. The Hall–Kier alpha value is -4.35. The van der Waals surface area contributed by atoms with E-state index in [2.05, 4.69) is 9.97 Å². The highest BCUT2D eigenvalue weighted by molar-refractivity contribution is 6.07. The number of fused-ring (bicyclic) bond motifs is 1. The molecule has 12 nitrogen and oxygen atoms in total. The number of aromatic nitrogens is 2. The third-order valence-corrected chi connectivity index (χ3v) is 4.38. The minimum Gasteiger partial charge on any atom is -0.493 e. The summed E-state index contributed by atoms with van der Waals surface area (Å²) in [6.07, 6.45) is 0. The van der Waals surface area contributed by atoms with Crippen molar-refractivity contribution < 1.29 is 37.7 Å². The number of esters is 2. The summed E-state index contributed by atoms with van der Waals surface area (Å²) in [6, 6.07) is 4.27. The highest BCUT2D eigenvalue weighted by Crippen LogP contribution is 2.30. The van der Waals surface area contributed by atoms with E-state index >= 15 is 0 Å². The molecule has 0 aliphatic rings. The number of ether oxygens (including phenoxy) is 4. The van der Waals surface area contributed by atoms with Gasteiger partial charge in [0.25, 0.3) is 5.91 Å². The number of nitrogens with zero attached hydrogens (tertiary/aromatic N) is 2. The van der Waals surface area contributed by atoms with Crippen LogP contribution in [0.1, 0.15) is 39.2 Å². The van der Waals surface area contributed by atoms with Gasteiger partial charge in [-0.15, -0.1) is 0 Å². The first-order chi connectivity index (χ1) is 15.7. The molecule has 0 saturated carbocycles. The van der Waals surface area contributed by atoms with Crippen molar-refractivity contribution in [2.45, 2.75) is 20.5 Å². The molecule has 0 atom stereocenters. The van der Waals surface area contributed by atoms with E-state index in [0.717, 1.165) is 0 Å². The van der Waals surface area contributed by atoms with Gasteiger partial charge in [-0.25, -0.2) is 14.6 Å². The number of furan rings is 1. The van der Waals surface area contributed by atoms with Crippen LogP contribution in [0.2, 0.25) is 0 Å². The Kier molecular flexibility index (Phi) is 6.96. The molecular weight excluding hydrogens is 436 g/mol. The molecule has 174 valence electrons. The highest BCUT2D eigenvalue weighted by atomic mass is 16.5. The van der Waals surface area contributed by atoms with Gasteiger partial charge < -0.3 is 34.8 Å². The second kappa shape index (κ2) is 9.85. The molecule has 0 aliphatic heterocycles. The minimum absolute atomic E-state index is 0.0106. The fraction of sp³-hybridized carbons (Fsp3) is 0.286. The normalized spacial score (nSPS) is 10.6. The van der Waals surface area contributed by atoms with E-state index in [9.17, 15) is 14.4 Å². The van der Waals surface area contributed by atoms with Gasteiger partial charge in [-0.3, -0.25) is 4.79 Å². The van der Waals surface area contributed by atoms with Gasteiger partial charge in [0, 0.05) is 0 Å². The van der Waals surface area contributed by atoms with Crippen LogP contribution in [0.25, 0.3) is 11.1 Å². The summed E-state index contributed by atoms with van der Waals surface area (Å²) in [5.41, 5.74) is 11.4. The number of aryl methyl sites for hydroxylation is 1. The first-order valence-corrected chi connectivity index (χ1v) is 9.74. The zero-order valence-corrected chi connectivity index (χ0v) is 18.2. The van der Waals surface area contributed by atoms with Crippen LogP contribution >= 0.6 is 0 Å². The standard InChI is InChI=1S/C21H22N4O8/c1-4-30-21(28)16-10(2)33-19-17(16)18(23)24-15(25-19)9-32-20(27)11-5-6-12(13(7-11)29-3)31-8-14(22)26/h5-7H,4,8-9H2,1-3H3,(H2,22,26)(H2,23,24,25). The summed E-state index contributed by atoms with van der Waals surface area (Å²) in [4.78, 5) is 43.8. The summed E-state index contributed by atoms with van der Waals surface area (Å²) in [7, 11) is 1.38. The first kappa shape index (κ1) is 23.3. The van der Waals surface area contributed by atoms with Crippen molar-refractivity contribution >= 4 is 34.8 Å². The van der Waals surface area contributed by atoms with Gasteiger partial charge in [-0.1, -0.05) is 0 Å². The molecule has 0 unspecified atom stereocenters. The fourth-order valence-electron chi connectivity index (χ4n) is 2.97. The maximum atomic E-state index is 12.5. The zero-order chi connectivity index (χ0) is 24.1.